The third-order valence-corrected chi connectivity index (χ3v) is 5.54. The lowest BCUT2D eigenvalue weighted by Crippen LogP contribution is -2.33. The fourth-order valence-corrected chi connectivity index (χ4v) is 3.95. The summed E-state index contributed by atoms with van der Waals surface area (Å²) in [6, 6.07) is 8.02. The highest BCUT2D eigenvalue weighted by molar-refractivity contribution is 5.34. The number of aromatic hydroxyl groups is 1. The molecule has 1 saturated carbocycles. The van der Waals surface area contributed by atoms with Gasteiger partial charge in [0.2, 0.25) is 0 Å². The molecule has 1 aliphatic heterocycles. The molecular weight excluding hydrogens is 258 g/mol. The van der Waals surface area contributed by atoms with E-state index in [-0.39, 0.29) is 5.41 Å². The highest BCUT2D eigenvalue weighted by Gasteiger charge is 2.41. The van der Waals surface area contributed by atoms with Crippen LogP contribution >= 0.6 is 0 Å². The zero-order valence-corrected chi connectivity index (χ0v) is 13.5. The molecule has 2 atom stereocenters. The number of hydrogen-bond acceptors (Lipinski definition) is 2. The highest BCUT2D eigenvalue weighted by Crippen LogP contribution is 2.43. The Kier molecular flexibility index (Phi) is 4.26. The first-order chi connectivity index (χ1) is 10.1. The first-order valence-electron chi connectivity index (χ1n) is 8.63. The predicted octanol–water partition coefficient (Wildman–Crippen LogP) is 4.18. The molecular formula is C19H29NO. The molecule has 3 rings (SSSR count). The third kappa shape index (κ3) is 3.42. The van der Waals surface area contributed by atoms with Crippen molar-refractivity contribution < 1.29 is 5.11 Å². The van der Waals surface area contributed by atoms with Gasteiger partial charge in [-0.3, -0.25) is 0 Å². The fourth-order valence-electron chi connectivity index (χ4n) is 3.95. The van der Waals surface area contributed by atoms with Crippen LogP contribution in [0.15, 0.2) is 24.3 Å². The van der Waals surface area contributed by atoms with Crippen molar-refractivity contribution in [2.45, 2.75) is 51.4 Å². The average molecular weight is 287 g/mol. The Morgan fingerprint density at radius 2 is 2.19 bits per heavy atom. The second-order valence-corrected chi connectivity index (χ2v) is 7.48. The normalized spacial score (nSPS) is 27.9. The van der Waals surface area contributed by atoms with Crippen LogP contribution in [0, 0.1) is 11.8 Å². The van der Waals surface area contributed by atoms with E-state index in [0.29, 0.717) is 5.75 Å². The Balaban J connectivity index is 1.81. The Bertz CT molecular complexity index is 482. The lowest BCUT2D eigenvalue weighted by atomic mass is 9.73. The van der Waals surface area contributed by atoms with E-state index in [1.165, 1.54) is 57.3 Å². The highest BCUT2D eigenvalue weighted by atomic mass is 16.3. The smallest absolute Gasteiger partial charge is 0.115 e. The van der Waals surface area contributed by atoms with E-state index in [0.717, 1.165) is 11.8 Å². The number of hydrogen-bond donors (Lipinski definition) is 1. The van der Waals surface area contributed by atoms with Gasteiger partial charge >= 0.3 is 0 Å². The van der Waals surface area contributed by atoms with E-state index in [1.807, 2.05) is 12.1 Å². The van der Waals surface area contributed by atoms with Crippen LogP contribution in [-0.2, 0) is 5.41 Å². The van der Waals surface area contributed by atoms with E-state index in [4.69, 9.17) is 0 Å². The molecule has 1 aliphatic carbocycles. The molecule has 1 aromatic rings. The number of phenolic OH excluding ortho intramolecular Hbond substituents is 1. The zero-order valence-electron chi connectivity index (χ0n) is 13.5. The van der Waals surface area contributed by atoms with Crippen LogP contribution in [0.2, 0.25) is 0 Å². The van der Waals surface area contributed by atoms with Crippen molar-refractivity contribution in [1.82, 2.24) is 4.90 Å². The maximum atomic E-state index is 9.89. The Hall–Kier alpha value is -1.02. The molecule has 21 heavy (non-hydrogen) atoms. The maximum Gasteiger partial charge on any atom is 0.115 e. The summed E-state index contributed by atoms with van der Waals surface area (Å²) in [6.45, 7) is 8.35. The zero-order chi connectivity index (χ0) is 14.9. The Labute approximate surface area is 129 Å². The molecule has 1 saturated heterocycles. The van der Waals surface area contributed by atoms with Crippen LogP contribution < -0.4 is 0 Å². The van der Waals surface area contributed by atoms with Gasteiger partial charge in [-0.05, 0) is 61.8 Å². The summed E-state index contributed by atoms with van der Waals surface area (Å²) in [6.07, 6.45) is 6.59. The summed E-state index contributed by atoms with van der Waals surface area (Å²) >= 11 is 0. The number of benzene rings is 1. The van der Waals surface area contributed by atoms with Crippen molar-refractivity contribution in [2.75, 3.05) is 19.6 Å². The minimum atomic E-state index is 0.253. The van der Waals surface area contributed by atoms with Crippen LogP contribution in [-0.4, -0.2) is 29.6 Å². The van der Waals surface area contributed by atoms with E-state index in [1.54, 1.807) is 6.07 Å². The van der Waals surface area contributed by atoms with Crippen LogP contribution in [0.1, 0.15) is 51.5 Å². The van der Waals surface area contributed by atoms with Crippen LogP contribution in [0.4, 0.5) is 0 Å². The molecule has 1 N–H and O–H groups in total. The van der Waals surface area contributed by atoms with Gasteiger partial charge in [0.25, 0.3) is 0 Å². The van der Waals surface area contributed by atoms with E-state index in [9.17, 15) is 5.11 Å². The topological polar surface area (TPSA) is 23.5 Å². The SMILES string of the molecule is CC[C@@H](C)C[C@]1(c2cccc(O)c2)CCN(CC2CC2)C1. The molecule has 0 aromatic heterocycles. The van der Waals surface area contributed by atoms with Gasteiger partial charge < -0.3 is 10.0 Å². The van der Waals surface area contributed by atoms with Gasteiger partial charge in [-0.15, -0.1) is 0 Å². The number of phenols is 1. The van der Waals surface area contributed by atoms with Crippen molar-refractivity contribution in [1.29, 1.82) is 0 Å². The molecule has 116 valence electrons. The molecule has 2 aliphatic rings. The van der Waals surface area contributed by atoms with Gasteiger partial charge in [0, 0.05) is 18.5 Å². The average Bonchev–Trinajstić information content (AvgIpc) is 3.19. The monoisotopic (exact) mass is 287 g/mol. The van der Waals surface area contributed by atoms with Gasteiger partial charge in [0.05, 0.1) is 0 Å². The third-order valence-electron chi connectivity index (χ3n) is 5.54. The molecule has 0 spiro atoms. The van der Waals surface area contributed by atoms with Crippen molar-refractivity contribution in [3.8, 4) is 5.75 Å². The lowest BCUT2D eigenvalue weighted by Gasteiger charge is -2.33. The molecule has 0 unspecified atom stereocenters. The second-order valence-electron chi connectivity index (χ2n) is 7.48. The number of nitrogens with zero attached hydrogens (tertiary/aromatic N) is 1. The summed E-state index contributed by atoms with van der Waals surface area (Å²) in [7, 11) is 0. The van der Waals surface area contributed by atoms with Crippen LogP contribution in [0.3, 0.4) is 0 Å². The minimum Gasteiger partial charge on any atom is -0.508 e. The quantitative estimate of drug-likeness (QED) is 0.848. The summed E-state index contributed by atoms with van der Waals surface area (Å²) in [4.78, 5) is 2.67. The molecule has 2 nitrogen and oxygen atoms in total. The molecule has 2 fully saturated rings. The van der Waals surface area contributed by atoms with E-state index in [2.05, 4.69) is 24.8 Å². The van der Waals surface area contributed by atoms with Crippen molar-refractivity contribution in [3.63, 3.8) is 0 Å². The van der Waals surface area contributed by atoms with Gasteiger partial charge in [0.15, 0.2) is 0 Å². The van der Waals surface area contributed by atoms with Crippen LogP contribution in [0.5, 0.6) is 5.75 Å². The van der Waals surface area contributed by atoms with E-state index >= 15 is 0 Å². The van der Waals surface area contributed by atoms with Gasteiger partial charge in [-0.25, -0.2) is 0 Å². The molecule has 1 aromatic carbocycles. The van der Waals surface area contributed by atoms with Crippen molar-refractivity contribution in [3.05, 3.63) is 29.8 Å². The summed E-state index contributed by atoms with van der Waals surface area (Å²) in [5, 5.41) is 9.89. The number of likely N-dealkylation sites (tertiary alicyclic amines) is 1. The van der Waals surface area contributed by atoms with Crippen molar-refractivity contribution in [2.24, 2.45) is 11.8 Å². The predicted molar refractivity (Wildman–Crippen MR) is 87.6 cm³/mol. The largest absolute Gasteiger partial charge is 0.508 e. The Morgan fingerprint density at radius 3 is 2.86 bits per heavy atom. The summed E-state index contributed by atoms with van der Waals surface area (Å²) < 4.78 is 0. The first-order valence-corrected chi connectivity index (χ1v) is 8.63. The summed E-state index contributed by atoms with van der Waals surface area (Å²) in [5.74, 6) is 2.12. The fraction of sp³-hybridized carbons (Fsp3) is 0.684. The summed E-state index contributed by atoms with van der Waals surface area (Å²) in [5.41, 5.74) is 1.60. The van der Waals surface area contributed by atoms with E-state index < -0.39 is 0 Å². The van der Waals surface area contributed by atoms with Gasteiger partial charge in [0.1, 0.15) is 5.75 Å². The molecule has 1 heterocycles. The maximum absolute atomic E-state index is 9.89. The van der Waals surface area contributed by atoms with Gasteiger partial charge in [-0.1, -0.05) is 32.4 Å². The first kappa shape index (κ1) is 14.9. The van der Waals surface area contributed by atoms with Crippen molar-refractivity contribution >= 4 is 0 Å². The van der Waals surface area contributed by atoms with Gasteiger partial charge in [-0.2, -0.15) is 0 Å². The molecule has 0 amide bonds. The Morgan fingerprint density at radius 1 is 1.38 bits per heavy atom. The second kappa shape index (κ2) is 6.00. The standard InChI is InChI=1S/C19H29NO/c1-3-15(2)12-19(17-5-4-6-18(21)11-17)9-10-20(14-19)13-16-7-8-16/h4-6,11,15-16,21H,3,7-10,12-14H2,1-2H3/t15-,19-/m1/s1. The van der Waals surface area contributed by atoms with Crippen LogP contribution in [0.25, 0.3) is 0 Å². The molecule has 0 radical (unpaired) electrons. The number of rotatable bonds is 6. The molecule has 0 bridgehead atoms. The minimum absolute atomic E-state index is 0.253. The lowest BCUT2D eigenvalue weighted by molar-refractivity contribution is 0.272. The molecule has 2 heteroatoms.